The molecule has 2 aromatic rings. The number of aliphatic hydroxyl groups is 1. The van der Waals surface area contributed by atoms with E-state index in [-0.39, 0.29) is 12.7 Å². The number of methoxy groups -OCH3 is 1. The molecule has 3 rings (SSSR count). The van der Waals surface area contributed by atoms with Gasteiger partial charge >= 0.3 is 0 Å². The van der Waals surface area contributed by atoms with Crippen molar-refractivity contribution in [3.63, 3.8) is 0 Å². The van der Waals surface area contributed by atoms with E-state index in [1.807, 2.05) is 12.1 Å². The lowest BCUT2D eigenvalue weighted by Gasteiger charge is -2.24. The summed E-state index contributed by atoms with van der Waals surface area (Å²) in [5, 5.41) is 16.2. The summed E-state index contributed by atoms with van der Waals surface area (Å²) in [7, 11) is 1.58. The first-order chi connectivity index (χ1) is 12.8. The Morgan fingerprint density at radius 2 is 2.12 bits per heavy atom. The summed E-state index contributed by atoms with van der Waals surface area (Å²) in [6.45, 7) is 2.01. The van der Waals surface area contributed by atoms with Gasteiger partial charge in [0.25, 0.3) is 5.88 Å². The number of aromatic nitrogens is 3. The van der Waals surface area contributed by atoms with E-state index in [1.54, 1.807) is 13.3 Å². The number of hydrogen-bond acceptors (Lipinski definition) is 9. The van der Waals surface area contributed by atoms with Gasteiger partial charge in [-0.3, -0.25) is 0 Å². The van der Waals surface area contributed by atoms with Crippen molar-refractivity contribution in [3.05, 3.63) is 24.7 Å². The van der Waals surface area contributed by atoms with Crippen LogP contribution < -0.4 is 20.1 Å². The number of nitrogens with one attached hydrogen (secondary N) is 2. The molecule has 1 aliphatic rings. The van der Waals surface area contributed by atoms with Crippen molar-refractivity contribution < 1.29 is 14.6 Å². The Bertz CT molecular complexity index is 695. The van der Waals surface area contributed by atoms with Crippen molar-refractivity contribution >= 4 is 23.3 Å². The highest BCUT2D eigenvalue weighted by Crippen LogP contribution is 2.34. The van der Waals surface area contributed by atoms with Gasteiger partial charge in [0.2, 0.25) is 5.75 Å². The lowest BCUT2D eigenvalue weighted by molar-refractivity contribution is 0.149. The minimum absolute atomic E-state index is 0.123. The van der Waals surface area contributed by atoms with E-state index in [2.05, 4.69) is 25.6 Å². The maximum absolute atomic E-state index is 8.87. The van der Waals surface area contributed by atoms with Gasteiger partial charge in [-0.05, 0) is 38.1 Å². The maximum Gasteiger partial charge on any atom is 0.262 e. The van der Waals surface area contributed by atoms with Crippen molar-refractivity contribution in [2.24, 2.45) is 0 Å². The number of thioether (sulfide) groups is 1. The van der Waals surface area contributed by atoms with Crippen LogP contribution in [0.4, 0.5) is 11.5 Å². The molecule has 26 heavy (non-hydrogen) atoms. The molecule has 140 valence electrons. The number of ether oxygens (including phenoxy) is 2. The van der Waals surface area contributed by atoms with E-state index < -0.39 is 0 Å². The predicted octanol–water partition coefficient (Wildman–Crippen LogP) is 1.84. The molecule has 2 aromatic heterocycles. The van der Waals surface area contributed by atoms with Gasteiger partial charge < -0.3 is 25.2 Å². The highest BCUT2D eigenvalue weighted by Gasteiger charge is 2.20. The van der Waals surface area contributed by atoms with Gasteiger partial charge in [-0.25, -0.2) is 9.97 Å². The fourth-order valence-electron chi connectivity index (χ4n) is 2.61. The molecule has 9 heteroatoms. The predicted molar refractivity (Wildman–Crippen MR) is 100 cm³/mol. The Balaban J connectivity index is 1.71. The molecule has 0 aliphatic carbocycles. The first kappa shape index (κ1) is 18.7. The van der Waals surface area contributed by atoms with E-state index in [0.29, 0.717) is 23.2 Å². The van der Waals surface area contributed by atoms with Crippen molar-refractivity contribution in [1.82, 2.24) is 20.3 Å². The summed E-state index contributed by atoms with van der Waals surface area (Å²) in [5.41, 5.74) is 0.781. The van der Waals surface area contributed by atoms with Crippen LogP contribution in [-0.2, 0) is 0 Å². The molecule has 0 bridgehead atoms. The van der Waals surface area contributed by atoms with Crippen molar-refractivity contribution in [3.8, 4) is 11.6 Å². The molecule has 1 saturated heterocycles. The molecule has 0 saturated carbocycles. The van der Waals surface area contributed by atoms with Crippen LogP contribution in [0.25, 0.3) is 0 Å². The molecule has 8 nitrogen and oxygen atoms in total. The van der Waals surface area contributed by atoms with Crippen molar-refractivity contribution in [2.75, 3.05) is 37.9 Å². The molecule has 3 heterocycles. The summed E-state index contributed by atoms with van der Waals surface area (Å²) in [5.74, 6) is 2.07. The van der Waals surface area contributed by atoms with E-state index in [1.165, 1.54) is 18.1 Å². The number of aliphatic hydroxyl groups excluding tert-OH is 1. The zero-order valence-corrected chi connectivity index (χ0v) is 15.5. The standard InChI is InChI=1S/C17H23N5O3S/c1-24-15-16(22-12-2-3-14(19-10-12)26-9-8-23)20-11-21-17(15)25-13-4-6-18-7-5-13/h2-3,10-11,13,18,23H,4-9H2,1H3,(H,20,21,22). The molecule has 0 amide bonds. The zero-order chi connectivity index (χ0) is 18.2. The van der Waals surface area contributed by atoms with Gasteiger partial charge in [-0.15, -0.1) is 11.8 Å². The normalized spacial score (nSPS) is 14.8. The van der Waals surface area contributed by atoms with Crippen LogP contribution in [0.5, 0.6) is 11.6 Å². The number of pyridine rings is 1. The van der Waals surface area contributed by atoms with E-state index in [4.69, 9.17) is 14.6 Å². The van der Waals surface area contributed by atoms with Crippen LogP contribution in [0, 0.1) is 0 Å². The minimum atomic E-state index is 0.123. The second-order valence-electron chi connectivity index (χ2n) is 5.71. The van der Waals surface area contributed by atoms with Crippen LogP contribution >= 0.6 is 11.8 Å². The number of rotatable bonds is 8. The summed E-state index contributed by atoms with van der Waals surface area (Å²) >= 11 is 1.50. The summed E-state index contributed by atoms with van der Waals surface area (Å²) < 4.78 is 11.5. The SMILES string of the molecule is COc1c(Nc2ccc(SCCO)nc2)ncnc1OC1CCNCC1. The molecule has 1 aliphatic heterocycles. The van der Waals surface area contributed by atoms with Crippen LogP contribution in [0.15, 0.2) is 29.7 Å². The third kappa shape index (κ3) is 4.96. The van der Waals surface area contributed by atoms with E-state index in [9.17, 15) is 0 Å². The highest BCUT2D eigenvalue weighted by atomic mass is 32.2. The van der Waals surface area contributed by atoms with E-state index >= 15 is 0 Å². The lowest BCUT2D eigenvalue weighted by Crippen LogP contribution is -2.34. The second kappa shape index (κ2) is 9.56. The monoisotopic (exact) mass is 377 g/mol. The number of nitrogens with zero attached hydrogens (tertiary/aromatic N) is 3. The lowest BCUT2D eigenvalue weighted by atomic mass is 10.1. The Hall–Kier alpha value is -2.10. The Morgan fingerprint density at radius 1 is 1.27 bits per heavy atom. The average molecular weight is 377 g/mol. The summed E-state index contributed by atoms with van der Waals surface area (Å²) in [4.78, 5) is 12.8. The third-order valence-electron chi connectivity index (χ3n) is 3.88. The molecular formula is C17H23N5O3S. The minimum Gasteiger partial charge on any atom is -0.489 e. The fraction of sp³-hybridized carbons (Fsp3) is 0.471. The fourth-order valence-corrected chi connectivity index (χ4v) is 3.20. The van der Waals surface area contributed by atoms with Gasteiger partial charge in [-0.1, -0.05) is 0 Å². The Morgan fingerprint density at radius 3 is 2.81 bits per heavy atom. The highest BCUT2D eigenvalue weighted by molar-refractivity contribution is 7.99. The first-order valence-electron chi connectivity index (χ1n) is 8.53. The second-order valence-corrected chi connectivity index (χ2v) is 6.83. The third-order valence-corrected chi connectivity index (χ3v) is 4.80. The number of piperidine rings is 1. The van der Waals surface area contributed by atoms with Crippen molar-refractivity contribution in [1.29, 1.82) is 0 Å². The van der Waals surface area contributed by atoms with E-state index in [0.717, 1.165) is 36.6 Å². The van der Waals surface area contributed by atoms with Gasteiger partial charge in [0, 0.05) is 5.75 Å². The van der Waals surface area contributed by atoms with Gasteiger partial charge in [0.1, 0.15) is 12.4 Å². The molecule has 0 atom stereocenters. The molecule has 0 aromatic carbocycles. The largest absolute Gasteiger partial charge is 0.489 e. The summed E-state index contributed by atoms with van der Waals surface area (Å²) in [6.07, 6.45) is 5.17. The number of hydrogen-bond donors (Lipinski definition) is 3. The molecule has 3 N–H and O–H groups in total. The molecule has 1 fully saturated rings. The van der Waals surface area contributed by atoms with Gasteiger partial charge in [0.15, 0.2) is 5.82 Å². The first-order valence-corrected chi connectivity index (χ1v) is 9.52. The topological polar surface area (TPSA) is 101 Å². The number of anilines is 2. The van der Waals surface area contributed by atoms with Gasteiger partial charge in [0.05, 0.1) is 30.6 Å². The van der Waals surface area contributed by atoms with Gasteiger partial charge in [-0.2, -0.15) is 4.98 Å². The maximum atomic E-state index is 8.87. The molecule has 0 unspecified atom stereocenters. The zero-order valence-electron chi connectivity index (χ0n) is 14.6. The smallest absolute Gasteiger partial charge is 0.262 e. The van der Waals surface area contributed by atoms with Crippen LogP contribution in [0.3, 0.4) is 0 Å². The average Bonchev–Trinajstić information content (AvgIpc) is 2.68. The van der Waals surface area contributed by atoms with Crippen LogP contribution in [0.2, 0.25) is 0 Å². The quantitative estimate of drug-likeness (QED) is 0.595. The molecular weight excluding hydrogens is 354 g/mol. The Kier molecular flexibility index (Phi) is 6.87. The summed E-state index contributed by atoms with van der Waals surface area (Å²) in [6, 6.07) is 3.80. The Labute approximate surface area is 156 Å². The van der Waals surface area contributed by atoms with Crippen LogP contribution in [0.1, 0.15) is 12.8 Å². The molecule has 0 radical (unpaired) electrons. The van der Waals surface area contributed by atoms with Crippen LogP contribution in [-0.4, -0.2) is 58.7 Å². The van der Waals surface area contributed by atoms with Crippen molar-refractivity contribution in [2.45, 2.75) is 24.0 Å². The molecule has 0 spiro atoms.